The molecule has 2 saturated heterocycles. The van der Waals surface area contributed by atoms with Crippen molar-refractivity contribution in [3.05, 3.63) is 58.8 Å². The van der Waals surface area contributed by atoms with Crippen LogP contribution in [0.4, 0.5) is 5.69 Å². The van der Waals surface area contributed by atoms with Crippen LogP contribution in [0.15, 0.2) is 47.7 Å². The third-order valence-corrected chi connectivity index (χ3v) is 8.50. The molecule has 0 saturated carbocycles. The maximum Gasteiger partial charge on any atom is 0.252 e. The molecule has 0 spiro atoms. The summed E-state index contributed by atoms with van der Waals surface area (Å²) in [4.78, 5) is 27.0. The van der Waals surface area contributed by atoms with Crippen LogP contribution in [-0.2, 0) is 11.8 Å². The highest BCUT2D eigenvalue weighted by atomic mass is 16.5. The van der Waals surface area contributed by atoms with E-state index in [-0.39, 0.29) is 23.9 Å². The second-order valence-corrected chi connectivity index (χ2v) is 10.8. The highest BCUT2D eigenvalue weighted by molar-refractivity contribution is 5.88. The third-order valence-electron chi connectivity index (χ3n) is 8.50. The van der Waals surface area contributed by atoms with Gasteiger partial charge in [0.25, 0.3) is 5.56 Å². The van der Waals surface area contributed by atoms with E-state index in [1.165, 1.54) is 5.56 Å². The van der Waals surface area contributed by atoms with Crippen molar-refractivity contribution in [3.8, 4) is 0 Å². The Morgan fingerprint density at radius 2 is 1.92 bits per heavy atom. The molecule has 2 unspecified atom stereocenters. The predicted octanol–water partition coefficient (Wildman–Crippen LogP) is 4.43. The van der Waals surface area contributed by atoms with Gasteiger partial charge in [0.15, 0.2) is 0 Å². The second-order valence-electron chi connectivity index (χ2n) is 10.8. The monoisotopic (exact) mass is 515 g/mol. The summed E-state index contributed by atoms with van der Waals surface area (Å²) in [6.45, 7) is 9.27. The molecular weight excluding hydrogens is 478 g/mol. The summed E-state index contributed by atoms with van der Waals surface area (Å²) in [7, 11) is 1.83. The topological polar surface area (TPSA) is 81.3 Å². The normalized spacial score (nSPS) is 23.8. The van der Waals surface area contributed by atoms with Crippen LogP contribution in [0.5, 0.6) is 0 Å². The maximum atomic E-state index is 13.1. The zero-order valence-corrected chi connectivity index (χ0v) is 22.7. The number of hydrogen-bond donors (Lipinski definition) is 0. The number of piperazine rings is 1. The zero-order valence-electron chi connectivity index (χ0n) is 22.7. The third kappa shape index (κ3) is 4.37. The number of benzene rings is 1. The minimum Gasteiger partial charge on any atom is -0.364 e. The Morgan fingerprint density at radius 1 is 1.11 bits per heavy atom. The molecule has 0 aliphatic carbocycles. The van der Waals surface area contributed by atoms with E-state index in [0.29, 0.717) is 6.04 Å². The van der Waals surface area contributed by atoms with Crippen LogP contribution in [0.1, 0.15) is 64.3 Å². The van der Waals surface area contributed by atoms with E-state index in [2.05, 4.69) is 58.7 Å². The van der Waals surface area contributed by atoms with Gasteiger partial charge in [-0.3, -0.25) is 19.7 Å². The number of ether oxygens (including phenoxy) is 1. The van der Waals surface area contributed by atoms with Crippen molar-refractivity contribution < 1.29 is 4.74 Å². The number of aromatic nitrogens is 5. The minimum atomic E-state index is -0.0655. The van der Waals surface area contributed by atoms with Gasteiger partial charge < -0.3 is 14.2 Å². The van der Waals surface area contributed by atoms with Crippen LogP contribution >= 0.6 is 0 Å². The standard InChI is InChI=1S/C29H37N7O2/c1-5-22-17-34(19(2)16-35(22)20(3)21-9-10-23-24(14-21)31-12-11-30-23)25-15-27(37)33(4)26-18-36(32-29(25)26)28-8-6-7-13-38-28/h9-12,14-15,18-20,22,28H,5-8,13,16-17H2,1-4H3/t19-,20?,22+,28?/m0/s1. The molecule has 38 heavy (non-hydrogen) atoms. The van der Waals surface area contributed by atoms with Gasteiger partial charge in [-0.05, 0) is 57.2 Å². The largest absolute Gasteiger partial charge is 0.364 e. The molecule has 2 aliphatic rings. The van der Waals surface area contributed by atoms with Gasteiger partial charge in [0.1, 0.15) is 11.7 Å². The van der Waals surface area contributed by atoms with E-state index < -0.39 is 0 Å². The van der Waals surface area contributed by atoms with Crippen molar-refractivity contribution >= 4 is 27.8 Å². The summed E-state index contributed by atoms with van der Waals surface area (Å²) in [5, 5.41) is 4.99. The number of rotatable bonds is 5. The van der Waals surface area contributed by atoms with Gasteiger partial charge in [0.2, 0.25) is 0 Å². The SMILES string of the molecule is CC[C@@H]1CN(c2cc(=O)n(C)c3cn(C4CCCCO4)nc23)[C@@H](C)CN1C(C)c1ccc2nccnc2c1. The van der Waals surface area contributed by atoms with Crippen molar-refractivity contribution in [1.29, 1.82) is 0 Å². The quantitative estimate of drug-likeness (QED) is 0.389. The molecule has 0 bridgehead atoms. The lowest BCUT2D eigenvalue weighted by atomic mass is 9.98. The van der Waals surface area contributed by atoms with E-state index in [9.17, 15) is 4.79 Å². The molecule has 1 aromatic carbocycles. The summed E-state index contributed by atoms with van der Waals surface area (Å²) >= 11 is 0. The number of anilines is 1. The molecule has 5 heterocycles. The molecule has 4 atom stereocenters. The lowest BCUT2D eigenvalue weighted by Crippen LogP contribution is -2.58. The molecule has 0 amide bonds. The fourth-order valence-electron chi connectivity index (χ4n) is 6.18. The first-order valence-electron chi connectivity index (χ1n) is 13.9. The molecule has 2 fully saturated rings. The second kappa shape index (κ2) is 10.1. The first-order chi connectivity index (χ1) is 18.4. The molecule has 4 aromatic rings. The summed E-state index contributed by atoms with van der Waals surface area (Å²) in [6.07, 6.45) is 9.58. The molecule has 2 aliphatic heterocycles. The van der Waals surface area contributed by atoms with E-state index in [0.717, 1.165) is 73.1 Å². The summed E-state index contributed by atoms with van der Waals surface area (Å²) in [5.41, 5.74) is 5.74. The Bertz CT molecular complexity index is 1510. The highest BCUT2D eigenvalue weighted by Crippen LogP contribution is 2.34. The first kappa shape index (κ1) is 25.0. The molecule has 0 N–H and O–H groups in total. The zero-order chi connectivity index (χ0) is 26.4. The number of aryl methyl sites for hydroxylation is 1. The van der Waals surface area contributed by atoms with E-state index in [1.54, 1.807) is 23.0 Å². The first-order valence-corrected chi connectivity index (χ1v) is 13.9. The van der Waals surface area contributed by atoms with Crippen LogP contribution in [0.2, 0.25) is 0 Å². The number of fused-ring (bicyclic) bond motifs is 2. The van der Waals surface area contributed by atoms with Crippen molar-refractivity contribution in [2.24, 2.45) is 7.05 Å². The van der Waals surface area contributed by atoms with Crippen LogP contribution in [0.3, 0.4) is 0 Å². The fraction of sp³-hybridized carbons (Fsp3) is 0.517. The van der Waals surface area contributed by atoms with Crippen molar-refractivity contribution in [3.63, 3.8) is 0 Å². The van der Waals surface area contributed by atoms with Gasteiger partial charge in [-0.2, -0.15) is 5.10 Å². The maximum absolute atomic E-state index is 13.1. The van der Waals surface area contributed by atoms with Gasteiger partial charge >= 0.3 is 0 Å². The Kier molecular flexibility index (Phi) is 6.65. The molecule has 9 nitrogen and oxygen atoms in total. The molecule has 3 aromatic heterocycles. The molecule has 200 valence electrons. The number of nitrogens with zero attached hydrogens (tertiary/aromatic N) is 7. The number of pyridine rings is 1. The van der Waals surface area contributed by atoms with Gasteiger partial charge in [0, 0.05) is 63.3 Å². The van der Waals surface area contributed by atoms with Crippen LogP contribution < -0.4 is 10.5 Å². The van der Waals surface area contributed by atoms with Crippen LogP contribution in [0, 0.1) is 0 Å². The van der Waals surface area contributed by atoms with E-state index in [4.69, 9.17) is 9.84 Å². The van der Waals surface area contributed by atoms with Gasteiger partial charge in [0.05, 0.1) is 28.4 Å². The smallest absolute Gasteiger partial charge is 0.252 e. The summed E-state index contributed by atoms with van der Waals surface area (Å²) < 4.78 is 9.63. The summed E-state index contributed by atoms with van der Waals surface area (Å²) in [5.74, 6) is 0. The van der Waals surface area contributed by atoms with Gasteiger partial charge in [-0.25, -0.2) is 4.68 Å². The Hall–Kier alpha value is -3.30. The van der Waals surface area contributed by atoms with Crippen molar-refractivity contribution in [2.75, 3.05) is 24.6 Å². The predicted molar refractivity (Wildman–Crippen MR) is 149 cm³/mol. The molecule has 0 radical (unpaired) electrons. The molecule has 9 heteroatoms. The average Bonchev–Trinajstić information content (AvgIpc) is 3.41. The van der Waals surface area contributed by atoms with Crippen LogP contribution in [0.25, 0.3) is 22.1 Å². The Morgan fingerprint density at radius 3 is 2.68 bits per heavy atom. The average molecular weight is 516 g/mol. The van der Waals surface area contributed by atoms with Gasteiger partial charge in [-0.1, -0.05) is 13.0 Å². The molecular formula is C29H37N7O2. The lowest BCUT2D eigenvalue weighted by Gasteiger charge is -2.48. The van der Waals surface area contributed by atoms with Crippen molar-refractivity contribution in [1.82, 2.24) is 29.2 Å². The Balaban J connectivity index is 1.32. The van der Waals surface area contributed by atoms with Crippen molar-refractivity contribution in [2.45, 2.75) is 70.8 Å². The molecule has 6 rings (SSSR count). The summed E-state index contributed by atoms with van der Waals surface area (Å²) in [6, 6.07) is 8.97. The minimum absolute atomic E-state index is 0.00932. The van der Waals surface area contributed by atoms with E-state index >= 15 is 0 Å². The number of hydrogen-bond acceptors (Lipinski definition) is 7. The lowest BCUT2D eigenvalue weighted by molar-refractivity contribution is -0.0390. The van der Waals surface area contributed by atoms with Crippen LogP contribution in [-0.4, -0.2) is 61.0 Å². The highest BCUT2D eigenvalue weighted by Gasteiger charge is 2.35. The van der Waals surface area contributed by atoms with E-state index in [1.807, 2.05) is 17.9 Å². The fourth-order valence-corrected chi connectivity index (χ4v) is 6.18. The van der Waals surface area contributed by atoms with Gasteiger partial charge in [-0.15, -0.1) is 0 Å². The Labute approximate surface area is 223 Å².